The maximum Gasteiger partial charge on any atom is 0.372 e. The van der Waals surface area contributed by atoms with E-state index in [1.165, 1.54) is 25.7 Å². The van der Waals surface area contributed by atoms with Crippen molar-refractivity contribution in [1.82, 2.24) is 4.90 Å². The van der Waals surface area contributed by atoms with E-state index in [4.69, 9.17) is 9.52 Å². The third-order valence-corrected chi connectivity index (χ3v) is 3.77. The second kappa shape index (κ2) is 4.43. The first-order chi connectivity index (χ1) is 8.63. The molecule has 3 rings (SSSR count). The molecule has 0 unspecified atom stereocenters. The Morgan fingerprint density at radius 2 is 2.17 bits per heavy atom. The van der Waals surface area contributed by atoms with E-state index in [1.807, 2.05) is 6.07 Å². The van der Waals surface area contributed by atoms with Crippen molar-refractivity contribution in [3.05, 3.63) is 23.2 Å². The summed E-state index contributed by atoms with van der Waals surface area (Å²) in [4.78, 5) is 13.4. The number of hydrogen-bond acceptors (Lipinski definition) is 3. The molecule has 2 saturated carbocycles. The Kier molecular flexibility index (Phi) is 2.90. The molecule has 1 heterocycles. The van der Waals surface area contributed by atoms with Gasteiger partial charge in [0.05, 0.1) is 6.54 Å². The highest BCUT2D eigenvalue weighted by atomic mass is 16.4. The van der Waals surface area contributed by atoms with Gasteiger partial charge >= 0.3 is 5.97 Å². The molecule has 0 amide bonds. The summed E-state index contributed by atoms with van der Waals surface area (Å²) in [5.74, 6) is 0.768. The van der Waals surface area contributed by atoms with Crippen LogP contribution in [0.1, 0.15) is 47.6 Å². The molecule has 1 aromatic rings. The Morgan fingerprint density at radius 3 is 2.67 bits per heavy atom. The Morgan fingerprint density at radius 1 is 1.44 bits per heavy atom. The number of carboxylic acid groups (broad SMARTS) is 1. The van der Waals surface area contributed by atoms with Crippen LogP contribution in [0.3, 0.4) is 0 Å². The maximum atomic E-state index is 10.9. The van der Waals surface area contributed by atoms with Gasteiger partial charge in [0, 0.05) is 18.2 Å². The van der Waals surface area contributed by atoms with Crippen LogP contribution < -0.4 is 0 Å². The van der Waals surface area contributed by atoms with E-state index in [1.54, 1.807) is 6.92 Å². The van der Waals surface area contributed by atoms with Gasteiger partial charge in [-0.05, 0) is 44.6 Å². The summed E-state index contributed by atoms with van der Waals surface area (Å²) in [7, 11) is 0. The number of carboxylic acids is 1. The van der Waals surface area contributed by atoms with Crippen molar-refractivity contribution in [2.75, 3.05) is 6.54 Å². The number of rotatable bonds is 6. The minimum Gasteiger partial charge on any atom is -0.475 e. The summed E-state index contributed by atoms with van der Waals surface area (Å²) in [5, 5.41) is 8.98. The minimum absolute atomic E-state index is 0.0900. The zero-order valence-electron chi connectivity index (χ0n) is 10.7. The second-order valence-electron chi connectivity index (χ2n) is 5.63. The van der Waals surface area contributed by atoms with Crippen molar-refractivity contribution in [3.63, 3.8) is 0 Å². The summed E-state index contributed by atoms with van der Waals surface area (Å²) < 4.78 is 5.45. The average Bonchev–Trinajstić information content (AvgIpc) is 3.17. The quantitative estimate of drug-likeness (QED) is 0.842. The standard InChI is InChI=1S/C14H19NO3/c1-9-6-12(18-13(9)14(16)17)8-15(11-4-5-11)7-10-2-3-10/h6,10-11H,2-5,7-8H2,1H3,(H,16,17). The van der Waals surface area contributed by atoms with Gasteiger partial charge in [-0.15, -0.1) is 0 Å². The number of hydrogen-bond donors (Lipinski definition) is 1. The van der Waals surface area contributed by atoms with Gasteiger partial charge in [-0.3, -0.25) is 4.90 Å². The first-order valence-electron chi connectivity index (χ1n) is 6.70. The van der Waals surface area contributed by atoms with Gasteiger partial charge in [-0.2, -0.15) is 0 Å². The summed E-state index contributed by atoms with van der Waals surface area (Å²) in [6.45, 7) is 3.70. The average molecular weight is 249 g/mol. The van der Waals surface area contributed by atoms with E-state index in [-0.39, 0.29) is 5.76 Å². The van der Waals surface area contributed by atoms with Crippen LogP contribution in [0.2, 0.25) is 0 Å². The molecular formula is C14H19NO3. The van der Waals surface area contributed by atoms with Crippen LogP contribution in [-0.4, -0.2) is 28.6 Å². The van der Waals surface area contributed by atoms with Crippen LogP contribution in [0.15, 0.2) is 10.5 Å². The molecule has 0 atom stereocenters. The fourth-order valence-corrected chi connectivity index (χ4v) is 2.45. The molecule has 1 N–H and O–H groups in total. The highest BCUT2D eigenvalue weighted by molar-refractivity contribution is 5.86. The molecule has 0 spiro atoms. The van der Waals surface area contributed by atoms with Crippen LogP contribution in [0.25, 0.3) is 0 Å². The maximum absolute atomic E-state index is 10.9. The minimum atomic E-state index is -0.973. The van der Waals surface area contributed by atoms with E-state index in [2.05, 4.69) is 4.90 Å². The van der Waals surface area contributed by atoms with Crippen LogP contribution in [0.4, 0.5) is 0 Å². The Balaban J connectivity index is 1.69. The number of aromatic carboxylic acids is 1. The molecule has 0 saturated heterocycles. The van der Waals surface area contributed by atoms with Gasteiger partial charge in [0.25, 0.3) is 0 Å². The third kappa shape index (κ3) is 2.58. The molecule has 0 aromatic carbocycles. The fourth-order valence-electron chi connectivity index (χ4n) is 2.45. The molecule has 0 radical (unpaired) electrons. The topological polar surface area (TPSA) is 53.7 Å². The number of carbonyl (C=O) groups is 1. The Labute approximate surface area is 107 Å². The Hall–Kier alpha value is -1.29. The van der Waals surface area contributed by atoms with Crippen molar-refractivity contribution >= 4 is 5.97 Å². The highest BCUT2D eigenvalue weighted by Gasteiger charge is 2.34. The molecule has 2 fully saturated rings. The van der Waals surface area contributed by atoms with Crippen molar-refractivity contribution in [3.8, 4) is 0 Å². The van der Waals surface area contributed by atoms with Crippen molar-refractivity contribution in [1.29, 1.82) is 0 Å². The van der Waals surface area contributed by atoms with E-state index < -0.39 is 5.97 Å². The lowest BCUT2D eigenvalue weighted by Gasteiger charge is -2.20. The summed E-state index contributed by atoms with van der Waals surface area (Å²) >= 11 is 0. The molecule has 18 heavy (non-hydrogen) atoms. The molecule has 2 aliphatic rings. The molecular weight excluding hydrogens is 230 g/mol. The normalized spacial score (nSPS) is 19.4. The van der Waals surface area contributed by atoms with Gasteiger partial charge in [0.2, 0.25) is 5.76 Å². The summed E-state index contributed by atoms with van der Waals surface area (Å²) in [6, 6.07) is 2.57. The smallest absolute Gasteiger partial charge is 0.372 e. The molecule has 4 heteroatoms. The van der Waals surface area contributed by atoms with Crippen molar-refractivity contribution < 1.29 is 14.3 Å². The molecule has 4 nitrogen and oxygen atoms in total. The predicted octanol–water partition coefficient (Wildman–Crippen LogP) is 2.66. The van der Waals surface area contributed by atoms with Crippen molar-refractivity contribution in [2.45, 2.75) is 45.2 Å². The largest absolute Gasteiger partial charge is 0.475 e. The van der Waals surface area contributed by atoms with E-state index in [0.29, 0.717) is 6.04 Å². The Bertz CT molecular complexity index is 458. The lowest BCUT2D eigenvalue weighted by atomic mass is 10.2. The zero-order chi connectivity index (χ0) is 12.7. The van der Waals surface area contributed by atoms with Crippen LogP contribution in [0.5, 0.6) is 0 Å². The first-order valence-corrected chi connectivity index (χ1v) is 6.70. The molecule has 1 aromatic heterocycles. The van der Waals surface area contributed by atoms with E-state index >= 15 is 0 Å². The van der Waals surface area contributed by atoms with E-state index in [9.17, 15) is 4.79 Å². The van der Waals surface area contributed by atoms with E-state index in [0.717, 1.165) is 30.3 Å². The summed E-state index contributed by atoms with van der Waals surface area (Å²) in [6.07, 6.45) is 5.25. The van der Waals surface area contributed by atoms with Gasteiger partial charge < -0.3 is 9.52 Å². The summed E-state index contributed by atoms with van der Waals surface area (Å²) in [5.41, 5.74) is 0.722. The molecule has 0 bridgehead atoms. The lowest BCUT2D eigenvalue weighted by molar-refractivity contribution is 0.0657. The second-order valence-corrected chi connectivity index (χ2v) is 5.63. The molecule has 0 aliphatic heterocycles. The fraction of sp³-hybridized carbons (Fsp3) is 0.643. The van der Waals surface area contributed by atoms with Gasteiger partial charge in [0.15, 0.2) is 0 Å². The van der Waals surface area contributed by atoms with Crippen LogP contribution >= 0.6 is 0 Å². The first kappa shape index (κ1) is 11.8. The molecule has 98 valence electrons. The predicted molar refractivity (Wildman–Crippen MR) is 66.6 cm³/mol. The monoisotopic (exact) mass is 249 g/mol. The molecule has 2 aliphatic carbocycles. The van der Waals surface area contributed by atoms with Crippen molar-refractivity contribution in [2.24, 2.45) is 5.92 Å². The number of nitrogens with zero attached hydrogens (tertiary/aromatic N) is 1. The number of aryl methyl sites for hydroxylation is 1. The van der Waals surface area contributed by atoms with Crippen LogP contribution in [0, 0.1) is 12.8 Å². The van der Waals surface area contributed by atoms with Crippen LogP contribution in [-0.2, 0) is 6.54 Å². The zero-order valence-corrected chi connectivity index (χ0v) is 10.7. The van der Waals surface area contributed by atoms with Gasteiger partial charge in [-0.1, -0.05) is 0 Å². The van der Waals surface area contributed by atoms with Gasteiger partial charge in [0.1, 0.15) is 5.76 Å². The third-order valence-electron chi connectivity index (χ3n) is 3.77. The lowest BCUT2D eigenvalue weighted by Crippen LogP contribution is -2.27. The number of furan rings is 1. The SMILES string of the molecule is Cc1cc(CN(CC2CC2)C2CC2)oc1C(=O)O. The van der Waals surface area contributed by atoms with Gasteiger partial charge in [-0.25, -0.2) is 4.79 Å². The highest BCUT2D eigenvalue weighted by Crippen LogP contribution is 2.35.